The van der Waals surface area contributed by atoms with E-state index in [1.54, 1.807) is 18.2 Å². The number of hydrogen-bond donors (Lipinski definition) is 2. The summed E-state index contributed by atoms with van der Waals surface area (Å²) in [6, 6.07) is 6.20. The minimum atomic E-state index is -1.00. The summed E-state index contributed by atoms with van der Waals surface area (Å²) in [4.78, 5) is 32.5. The molecular weight excluding hydrogens is 583 g/mol. The van der Waals surface area contributed by atoms with Gasteiger partial charge in [0.25, 0.3) is 0 Å². The number of alkyl halides is 1. The standard InChI is InChI=1S/C33H32F3N7O2/c1-3-18-6-4-7-23-24(18)28(38-30(44)37-23)25-22(35)12-21-27(26(25)36)39-31(45-17-33-9-5-11-43(33)14-19(34)13-33)40-29(21)42-15-20-8-10-32(2,16-42)41-20/h1,4,6-7,12,19-20,41H,5,8-11,13-17H2,2H3,(H,37,38,44)/t19-,20?,32?,33+/m1/s1. The molecule has 4 aliphatic rings. The van der Waals surface area contributed by atoms with Gasteiger partial charge in [-0.2, -0.15) is 15.0 Å². The summed E-state index contributed by atoms with van der Waals surface area (Å²) in [5.74, 6) is 0.964. The van der Waals surface area contributed by atoms with Crippen LogP contribution in [-0.2, 0) is 0 Å². The van der Waals surface area contributed by atoms with Gasteiger partial charge in [0, 0.05) is 54.0 Å². The largest absolute Gasteiger partial charge is 0.461 e. The Kier molecular flexibility index (Phi) is 6.38. The minimum absolute atomic E-state index is 0.0680. The molecule has 45 heavy (non-hydrogen) atoms. The van der Waals surface area contributed by atoms with Crippen molar-refractivity contribution in [3.8, 4) is 29.6 Å². The molecule has 6 heterocycles. The molecule has 0 saturated carbocycles. The summed E-state index contributed by atoms with van der Waals surface area (Å²) in [6.45, 7) is 4.62. The van der Waals surface area contributed by atoms with Gasteiger partial charge in [-0.05, 0) is 57.4 Å². The number of H-pyrrole nitrogens is 1. The molecule has 2 aromatic heterocycles. The van der Waals surface area contributed by atoms with E-state index >= 15 is 8.78 Å². The van der Waals surface area contributed by atoms with Crippen LogP contribution in [0.4, 0.5) is 19.0 Å². The Morgan fingerprint density at radius 2 is 2.07 bits per heavy atom. The van der Waals surface area contributed by atoms with Gasteiger partial charge >= 0.3 is 11.7 Å². The van der Waals surface area contributed by atoms with Crippen LogP contribution in [0.1, 0.15) is 44.6 Å². The second-order valence-corrected chi connectivity index (χ2v) is 13.2. The number of terminal acetylenes is 1. The van der Waals surface area contributed by atoms with Crippen molar-refractivity contribution in [3.05, 3.63) is 51.9 Å². The van der Waals surface area contributed by atoms with Crippen molar-refractivity contribution in [3.63, 3.8) is 0 Å². The second kappa shape index (κ2) is 10.2. The first kappa shape index (κ1) is 28.3. The average Bonchev–Trinajstić information content (AvgIpc) is 3.63. The van der Waals surface area contributed by atoms with Gasteiger partial charge in [-0.1, -0.05) is 12.0 Å². The van der Waals surface area contributed by atoms with Crippen molar-refractivity contribution in [2.24, 2.45) is 0 Å². The van der Waals surface area contributed by atoms with Crippen molar-refractivity contribution >= 4 is 27.6 Å². The molecule has 4 aromatic rings. The Labute approximate surface area is 257 Å². The van der Waals surface area contributed by atoms with Gasteiger partial charge in [0.15, 0.2) is 5.82 Å². The van der Waals surface area contributed by atoms with E-state index in [1.165, 1.54) is 6.07 Å². The van der Waals surface area contributed by atoms with Crippen LogP contribution in [0.15, 0.2) is 29.1 Å². The minimum Gasteiger partial charge on any atom is -0.461 e. The van der Waals surface area contributed by atoms with Gasteiger partial charge in [0.05, 0.1) is 22.3 Å². The SMILES string of the molecule is C#Cc1cccc2[nH]c(=O)nc(-c3c(F)cc4c(N5CC6CCC(C)(C5)N6)nc(OC[C@@]56CCCN5C[C@H](F)C6)nc4c3F)c12. The van der Waals surface area contributed by atoms with Crippen LogP contribution in [-0.4, -0.2) is 80.9 Å². The van der Waals surface area contributed by atoms with Crippen molar-refractivity contribution in [1.82, 2.24) is 30.2 Å². The van der Waals surface area contributed by atoms with Crippen LogP contribution < -0.4 is 20.6 Å². The second-order valence-electron chi connectivity index (χ2n) is 13.2. The summed E-state index contributed by atoms with van der Waals surface area (Å²) in [6.07, 6.45) is 8.81. The van der Waals surface area contributed by atoms with Crippen LogP contribution in [0.5, 0.6) is 6.01 Å². The average molecular weight is 616 g/mol. The van der Waals surface area contributed by atoms with Crippen molar-refractivity contribution in [2.45, 2.75) is 62.3 Å². The zero-order valence-electron chi connectivity index (χ0n) is 24.8. The summed E-state index contributed by atoms with van der Waals surface area (Å²) in [5.41, 5.74) is -1.68. The third-order valence-corrected chi connectivity index (χ3v) is 10.1. The first-order chi connectivity index (χ1) is 21.6. The van der Waals surface area contributed by atoms with Crippen LogP contribution in [0.2, 0.25) is 0 Å². The van der Waals surface area contributed by atoms with Gasteiger partial charge in [0.1, 0.15) is 29.9 Å². The molecule has 2 bridgehead atoms. The monoisotopic (exact) mass is 615 g/mol. The van der Waals surface area contributed by atoms with Crippen molar-refractivity contribution in [1.29, 1.82) is 0 Å². The predicted octanol–water partition coefficient (Wildman–Crippen LogP) is 4.08. The van der Waals surface area contributed by atoms with Crippen LogP contribution in [0.3, 0.4) is 0 Å². The Morgan fingerprint density at radius 3 is 2.89 bits per heavy atom. The zero-order chi connectivity index (χ0) is 31.1. The summed E-state index contributed by atoms with van der Waals surface area (Å²) >= 11 is 0. The number of fused-ring (bicyclic) bond motifs is 5. The van der Waals surface area contributed by atoms with Crippen LogP contribution in [0.25, 0.3) is 33.1 Å². The fraction of sp³-hybridized carbons (Fsp3) is 0.455. The summed E-state index contributed by atoms with van der Waals surface area (Å²) in [5, 5.41) is 4.07. The molecule has 0 spiro atoms. The number of nitrogens with zero attached hydrogens (tertiary/aromatic N) is 5. The number of anilines is 1. The van der Waals surface area contributed by atoms with Crippen LogP contribution >= 0.6 is 0 Å². The number of aromatic amines is 1. The van der Waals surface area contributed by atoms with Gasteiger partial charge in [-0.25, -0.2) is 18.0 Å². The van der Waals surface area contributed by atoms with Gasteiger partial charge in [0.2, 0.25) is 0 Å². The van der Waals surface area contributed by atoms with Crippen molar-refractivity contribution in [2.75, 3.05) is 37.7 Å². The van der Waals surface area contributed by atoms with E-state index in [9.17, 15) is 9.18 Å². The summed E-state index contributed by atoms with van der Waals surface area (Å²) < 4.78 is 53.7. The smallest absolute Gasteiger partial charge is 0.345 e. The molecule has 8 rings (SSSR count). The molecule has 0 aliphatic carbocycles. The van der Waals surface area contributed by atoms with Crippen molar-refractivity contribution < 1.29 is 17.9 Å². The molecule has 232 valence electrons. The normalized spacial score (nSPS) is 27.8. The number of ether oxygens (including phenoxy) is 1. The van der Waals surface area contributed by atoms with E-state index in [0.29, 0.717) is 43.0 Å². The molecule has 0 amide bonds. The lowest BCUT2D eigenvalue weighted by molar-refractivity contribution is 0.107. The Bertz CT molecular complexity index is 1980. The quantitative estimate of drug-likeness (QED) is 0.324. The highest BCUT2D eigenvalue weighted by atomic mass is 19.1. The highest BCUT2D eigenvalue weighted by Gasteiger charge is 2.49. The fourth-order valence-electron chi connectivity index (χ4n) is 8.15. The first-order valence-corrected chi connectivity index (χ1v) is 15.4. The number of piperazine rings is 1. The molecule has 4 aliphatic heterocycles. The van der Waals surface area contributed by atoms with E-state index in [-0.39, 0.29) is 46.2 Å². The van der Waals surface area contributed by atoms with E-state index in [1.807, 2.05) is 4.90 Å². The maximum atomic E-state index is 16.8. The number of aromatic nitrogens is 4. The maximum Gasteiger partial charge on any atom is 0.345 e. The Morgan fingerprint density at radius 1 is 1.20 bits per heavy atom. The number of hydrogen-bond acceptors (Lipinski definition) is 8. The zero-order valence-corrected chi connectivity index (χ0v) is 24.8. The van der Waals surface area contributed by atoms with Gasteiger partial charge < -0.3 is 19.9 Å². The highest BCUT2D eigenvalue weighted by molar-refractivity contribution is 6.00. The van der Waals surface area contributed by atoms with E-state index < -0.39 is 34.6 Å². The number of rotatable bonds is 5. The van der Waals surface area contributed by atoms with Crippen LogP contribution in [0, 0.1) is 24.0 Å². The van der Waals surface area contributed by atoms with Gasteiger partial charge in [-0.3, -0.25) is 4.90 Å². The molecule has 2 N–H and O–H groups in total. The van der Waals surface area contributed by atoms with E-state index in [2.05, 4.69) is 38.0 Å². The third kappa shape index (κ3) is 4.55. The molecule has 0 radical (unpaired) electrons. The lowest BCUT2D eigenvalue weighted by Crippen LogP contribution is -2.58. The molecule has 4 atom stereocenters. The molecular formula is C33H32F3N7O2. The molecule has 2 unspecified atom stereocenters. The fourth-order valence-corrected chi connectivity index (χ4v) is 8.15. The van der Waals surface area contributed by atoms with Gasteiger partial charge in [-0.15, -0.1) is 6.42 Å². The predicted molar refractivity (Wildman–Crippen MR) is 164 cm³/mol. The number of halogens is 3. The molecule has 4 fully saturated rings. The maximum absolute atomic E-state index is 16.8. The molecule has 12 heteroatoms. The van der Waals surface area contributed by atoms with E-state index in [4.69, 9.17) is 16.1 Å². The Balaban J connectivity index is 1.30. The number of benzene rings is 2. The molecule has 9 nitrogen and oxygen atoms in total. The summed E-state index contributed by atoms with van der Waals surface area (Å²) in [7, 11) is 0. The third-order valence-electron chi connectivity index (χ3n) is 10.1. The number of nitrogens with one attached hydrogen (secondary N) is 2. The van der Waals surface area contributed by atoms with E-state index in [0.717, 1.165) is 32.2 Å². The molecule has 4 saturated heterocycles. The lowest BCUT2D eigenvalue weighted by Gasteiger charge is -2.40. The first-order valence-electron chi connectivity index (χ1n) is 15.4. The Hall–Kier alpha value is -4.21. The highest BCUT2D eigenvalue weighted by Crippen LogP contribution is 2.42. The topological polar surface area (TPSA) is 99.3 Å². The lowest BCUT2D eigenvalue weighted by atomic mass is 9.95. The molecule has 2 aromatic carbocycles.